The van der Waals surface area contributed by atoms with Gasteiger partial charge in [0.1, 0.15) is 37.1 Å². The van der Waals surface area contributed by atoms with Crippen LogP contribution in [0.4, 0.5) is 0 Å². The first kappa shape index (κ1) is 36.7. The highest BCUT2D eigenvalue weighted by Gasteiger charge is 2.55. The molecule has 2 fully saturated rings. The molecule has 1 saturated carbocycles. The van der Waals surface area contributed by atoms with Crippen molar-refractivity contribution in [1.82, 2.24) is 5.32 Å². The first-order valence-corrected chi connectivity index (χ1v) is 14.5. The predicted molar refractivity (Wildman–Crippen MR) is 147 cm³/mol. The van der Waals surface area contributed by atoms with Crippen LogP contribution in [0, 0.1) is 5.92 Å². The Morgan fingerprint density at radius 1 is 0.800 bits per heavy atom. The highest BCUT2D eigenvalue weighted by atomic mass is 16.7. The summed E-state index contributed by atoms with van der Waals surface area (Å²) in [5.41, 5.74) is 0.0639. The number of carbonyl (C=O) groups excluding carboxylic acids is 4. The molecule has 7 N–H and O–H groups in total. The van der Waals surface area contributed by atoms with Crippen molar-refractivity contribution in [3.63, 3.8) is 0 Å². The molecule has 45 heavy (non-hydrogen) atoms. The van der Waals surface area contributed by atoms with Crippen molar-refractivity contribution >= 4 is 23.9 Å². The molecule has 17 heteroatoms. The highest BCUT2D eigenvalue weighted by molar-refractivity contribution is 5.68. The fourth-order valence-electron chi connectivity index (χ4n) is 5.86. The minimum atomic E-state index is -1.62. The van der Waals surface area contributed by atoms with Crippen LogP contribution >= 0.6 is 0 Å². The molecule has 0 radical (unpaired) electrons. The van der Waals surface area contributed by atoms with E-state index >= 15 is 0 Å². The minimum absolute atomic E-state index is 0.0639. The van der Waals surface area contributed by atoms with E-state index in [9.17, 15) is 49.8 Å². The Morgan fingerprint density at radius 2 is 1.38 bits per heavy atom. The van der Waals surface area contributed by atoms with E-state index in [1.54, 1.807) is 6.92 Å². The third-order valence-corrected chi connectivity index (χ3v) is 7.93. The summed E-state index contributed by atoms with van der Waals surface area (Å²) in [6.07, 6.45) is -14.8. The lowest BCUT2D eigenvalue weighted by Gasteiger charge is -2.48. The zero-order valence-corrected chi connectivity index (χ0v) is 25.5. The summed E-state index contributed by atoms with van der Waals surface area (Å²) in [6, 6.07) is -1.87. The van der Waals surface area contributed by atoms with Crippen LogP contribution in [0.25, 0.3) is 0 Å². The predicted octanol–water partition coefficient (Wildman–Crippen LogP) is -3.44. The number of rotatable bonds is 10. The summed E-state index contributed by atoms with van der Waals surface area (Å²) >= 11 is 0. The van der Waals surface area contributed by atoms with Crippen LogP contribution in [0.3, 0.4) is 0 Å². The number of hydrogen-bond acceptors (Lipinski definition) is 17. The van der Waals surface area contributed by atoms with Crippen molar-refractivity contribution in [2.45, 2.75) is 120 Å². The number of esters is 4. The van der Waals surface area contributed by atoms with Gasteiger partial charge in [0.05, 0.1) is 24.9 Å². The van der Waals surface area contributed by atoms with Gasteiger partial charge in [-0.1, -0.05) is 13.0 Å². The second kappa shape index (κ2) is 15.7. The molecule has 2 aliphatic carbocycles. The summed E-state index contributed by atoms with van der Waals surface area (Å²) in [5, 5.41) is 65.5. The van der Waals surface area contributed by atoms with Crippen LogP contribution in [-0.2, 0) is 47.6 Å². The third kappa shape index (κ3) is 8.96. The van der Waals surface area contributed by atoms with Gasteiger partial charge in [-0.05, 0) is 17.9 Å². The number of aliphatic hydroxyl groups excluding tert-OH is 6. The lowest BCUT2D eigenvalue weighted by atomic mass is 9.79. The van der Waals surface area contributed by atoms with Gasteiger partial charge in [0, 0.05) is 33.7 Å². The molecule has 1 saturated heterocycles. The monoisotopic (exact) mass is 649 g/mol. The maximum Gasteiger partial charge on any atom is 0.303 e. The average molecular weight is 650 g/mol. The summed E-state index contributed by atoms with van der Waals surface area (Å²) in [5.74, 6) is -3.75. The van der Waals surface area contributed by atoms with Crippen LogP contribution in [-0.4, -0.2) is 147 Å². The van der Waals surface area contributed by atoms with Gasteiger partial charge < -0.3 is 64.4 Å². The van der Waals surface area contributed by atoms with E-state index in [-0.39, 0.29) is 12.0 Å². The molecule has 0 bridgehead atoms. The van der Waals surface area contributed by atoms with Gasteiger partial charge in [0.25, 0.3) is 0 Å². The second-order valence-corrected chi connectivity index (χ2v) is 11.5. The van der Waals surface area contributed by atoms with Crippen molar-refractivity contribution in [3.05, 3.63) is 11.6 Å². The van der Waals surface area contributed by atoms with Crippen molar-refractivity contribution in [2.75, 3.05) is 13.2 Å². The van der Waals surface area contributed by atoms with Gasteiger partial charge in [-0.2, -0.15) is 0 Å². The molecule has 17 nitrogen and oxygen atoms in total. The average Bonchev–Trinajstić information content (AvgIpc) is 2.95. The fraction of sp³-hybridized carbons (Fsp3) is 0.786. The van der Waals surface area contributed by atoms with E-state index in [1.165, 1.54) is 6.08 Å². The Balaban J connectivity index is 1.87. The number of ether oxygens (including phenoxy) is 6. The Morgan fingerprint density at radius 3 is 1.93 bits per heavy atom. The topological polar surface area (TPSA) is 257 Å². The smallest absolute Gasteiger partial charge is 0.303 e. The molecular formula is C28H43NO16. The van der Waals surface area contributed by atoms with Gasteiger partial charge in [0.15, 0.2) is 24.6 Å². The first-order valence-electron chi connectivity index (χ1n) is 14.5. The van der Waals surface area contributed by atoms with Crippen LogP contribution in [0.1, 0.15) is 41.0 Å². The lowest BCUT2D eigenvalue weighted by molar-refractivity contribution is -0.330. The summed E-state index contributed by atoms with van der Waals surface area (Å²) in [7, 11) is 0. The largest absolute Gasteiger partial charge is 0.463 e. The normalized spacial score (nSPS) is 40.1. The number of aliphatic hydroxyl groups is 6. The van der Waals surface area contributed by atoms with Gasteiger partial charge in [-0.25, -0.2) is 0 Å². The zero-order valence-electron chi connectivity index (χ0n) is 25.5. The molecule has 0 aromatic rings. The third-order valence-electron chi connectivity index (χ3n) is 7.93. The molecule has 1 aliphatic heterocycles. The summed E-state index contributed by atoms with van der Waals surface area (Å²) in [6.45, 7) is 4.95. The van der Waals surface area contributed by atoms with Gasteiger partial charge in [-0.3, -0.25) is 19.2 Å². The molecule has 3 rings (SSSR count). The molecule has 0 aromatic carbocycles. The van der Waals surface area contributed by atoms with E-state index in [2.05, 4.69) is 5.32 Å². The minimum Gasteiger partial charge on any atom is -0.463 e. The summed E-state index contributed by atoms with van der Waals surface area (Å²) < 4.78 is 33.2. The van der Waals surface area contributed by atoms with E-state index in [1.807, 2.05) is 0 Å². The Labute approximate surface area is 259 Å². The van der Waals surface area contributed by atoms with Crippen LogP contribution in [0.5, 0.6) is 0 Å². The number of carbonyl (C=O) groups is 4. The van der Waals surface area contributed by atoms with Crippen molar-refractivity contribution in [3.8, 4) is 0 Å². The van der Waals surface area contributed by atoms with Crippen LogP contribution < -0.4 is 5.32 Å². The second-order valence-electron chi connectivity index (χ2n) is 11.5. The van der Waals surface area contributed by atoms with Crippen molar-refractivity contribution in [2.24, 2.45) is 5.92 Å². The molecule has 0 amide bonds. The molecular weight excluding hydrogens is 606 g/mol. The maximum absolute atomic E-state index is 12.1. The quantitative estimate of drug-likeness (QED) is 0.0690. The molecule has 3 aliphatic rings. The summed E-state index contributed by atoms with van der Waals surface area (Å²) in [4.78, 5) is 47.7. The molecule has 0 aromatic heterocycles. The van der Waals surface area contributed by atoms with E-state index in [4.69, 9.17) is 28.4 Å². The Kier molecular flexibility index (Phi) is 12.8. The van der Waals surface area contributed by atoms with E-state index < -0.39 is 122 Å². The van der Waals surface area contributed by atoms with Crippen molar-refractivity contribution < 1.29 is 78.2 Å². The zero-order chi connectivity index (χ0) is 33.7. The Hall–Kier alpha value is -2.74. The molecule has 14 unspecified atom stereocenters. The van der Waals surface area contributed by atoms with Gasteiger partial charge >= 0.3 is 23.9 Å². The maximum atomic E-state index is 12.1. The SMILES string of the molecule is CC(=O)OCC1OC(OC2C(C)CC(NC3C=C(CO)C(O)C(O)C3O)C(O)C2O)C(OC(C)=O)C(OC(C)=O)C1OC(C)=O. The Bertz CT molecular complexity index is 1100. The van der Waals surface area contributed by atoms with Crippen LogP contribution in [0.15, 0.2) is 11.6 Å². The van der Waals surface area contributed by atoms with E-state index in [0.29, 0.717) is 0 Å². The number of nitrogens with one attached hydrogen (secondary N) is 1. The number of hydrogen-bond donors (Lipinski definition) is 7. The van der Waals surface area contributed by atoms with Crippen molar-refractivity contribution in [1.29, 1.82) is 0 Å². The molecule has 1 heterocycles. The van der Waals surface area contributed by atoms with Crippen LogP contribution in [0.2, 0.25) is 0 Å². The lowest BCUT2D eigenvalue weighted by Crippen LogP contribution is -2.66. The first-order chi connectivity index (χ1) is 21.0. The standard InChI is InChI=1S/C28H43NO16/c1-10-6-16(29-17-7-15(8-30)19(35)22(38)20(17)36)21(37)23(39)24(10)45-28-27(43-14(5)34)26(42-13(4)33)25(41-12(3)32)18(44-28)9-40-11(2)31/h7,10,16-30,35-39H,6,8-9H2,1-5H3. The van der Waals surface area contributed by atoms with Gasteiger partial charge in [0.2, 0.25) is 0 Å². The van der Waals surface area contributed by atoms with E-state index in [0.717, 1.165) is 27.7 Å². The molecule has 14 atom stereocenters. The van der Waals surface area contributed by atoms with Gasteiger partial charge in [-0.15, -0.1) is 0 Å². The fourth-order valence-corrected chi connectivity index (χ4v) is 5.86. The highest BCUT2D eigenvalue weighted by Crippen LogP contribution is 2.35. The molecule has 0 spiro atoms. The molecule has 256 valence electrons.